The minimum atomic E-state index is -0.244. The number of aromatic nitrogens is 3. The number of carbonyl (C=O) groups excluding carboxylic acids is 1. The summed E-state index contributed by atoms with van der Waals surface area (Å²) in [7, 11) is 0. The Balaban J connectivity index is 1.55. The van der Waals surface area contributed by atoms with Crippen LogP contribution in [-0.2, 0) is 13.0 Å². The smallest absolute Gasteiger partial charge is 0.287 e. The van der Waals surface area contributed by atoms with Crippen molar-refractivity contribution in [2.75, 3.05) is 6.54 Å². The van der Waals surface area contributed by atoms with Crippen molar-refractivity contribution >= 4 is 21.8 Å². The average molecular weight is 393 g/mol. The van der Waals surface area contributed by atoms with Gasteiger partial charge in [0.05, 0.1) is 22.9 Å². The molecular weight excluding hydrogens is 376 g/mol. The summed E-state index contributed by atoms with van der Waals surface area (Å²) < 4.78 is 13.4. The normalized spacial score (nSPS) is 11.0. The van der Waals surface area contributed by atoms with Gasteiger partial charge in [0.2, 0.25) is 0 Å². The quantitative estimate of drug-likeness (QED) is 0.696. The van der Waals surface area contributed by atoms with Crippen LogP contribution in [-0.4, -0.2) is 27.4 Å². The third-order valence-corrected chi connectivity index (χ3v) is 4.06. The van der Waals surface area contributed by atoms with Crippen LogP contribution in [0.2, 0.25) is 0 Å². The molecule has 3 heterocycles. The highest BCUT2D eigenvalue weighted by molar-refractivity contribution is 9.10. The van der Waals surface area contributed by atoms with Crippen LogP contribution in [0.3, 0.4) is 0 Å². The van der Waals surface area contributed by atoms with Gasteiger partial charge >= 0.3 is 0 Å². The zero-order chi connectivity index (χ0) is 17.1. The van der Waals surface area contributed by atoms with Crippen molar-refractivity contribution in [1.29, 1.82) is 0 Å². The fourth-order valence-electron chi connectivity index (χ4n) is 2.36. The number of hydrogen-bond donors (Lipinski definition) is 1. The Morgan fingerprint density at radius 1 is 1.38 bits per heavy atom. The van der Waals surface area contributed by atoms with Crippen molar-refractivity contribution in [1.82, 2.24) is 20.3 Å². The predicted molar refractivity (Wildman–Crippen MR) is 89.8 cm³/mol. The van der Waals surface area contributed by atoms with Crippen molar-refractivity contribution in [3.05, 3.63) is 57.5 Å². The lowest BCUT2D eigenvalue weighted by atomic mass is 10.1. The molecule has 0 aromatic carbocycles. The molecule has 3 aromatic rings. The van der Waals surface area contributed by atoms with Gasteiger partial charge in [-0.15, -0.1) is 0 Å². The second-order valence-corrected chi connectivity index (χ2v) is 6.34. The van der Waals surface area contributed by atoms with E-state index in [1.54, 1.807) is 23.0 Å². The number of hydrogen-bond acceptors (Lipinski definition) is 5. The summed E-state index contributed by atoms with van der Waals surface area (Å²) >= 11 is 3.33. The van der Waals surface area contributed by atoms with E-state index in [1.165, 1.54) is 0 Å². The molecule has 1 N–H and O–H groups in total. The summed E-state index contributed by atoms with van der Waals surface area (Å²) in [5, 5.41) is 10.9. The number of nitrogens with one attached hydrogen (secondary N) is 1. The topological polar surface area (TPSA) is 86.1 Å². The van der Waals surface area contributed by atoms with Crippen LogP contribution < -0.4 is 5.32 Å². The third-order valence-electron chi connectivity index (χ3n) is 3.65. The Morgan fingerprint density at radius 3 is 2.88 bits per heavy atom. The van der Waals surface area contributed by atoms with Crippen LogP contribution in [0.1, 0.15) is 33.3 Å². The summed E-state index contributed by atoms with van der Waals surface area (Å²) in [6.07, 6.45) is 4.10. The van der Waals surface area contributed by atoms with Gasteiger partial charge in [-0.25, -0.2) is 0 Å². The van der Waals surface area contributed by atoms with E-state index in [0.717, 1.165) is 21.5 Å². The number of nitrogens with zero attached hydrogens (tertiary/aromatic N) is 3. The van der Waals surface area contributed by atoms with Gasteiger partial charge in [-0.2, -0.15) is 5.10 Å². The molecule has 0 aliphatic rings. The summed E-state index contributed by atoms with van der Waals surface area (Å²) in [5.41, 5.74) is 1.82. The third kappa shape index (κ3) is 3.76. The van der Waals surface area contributed by atoms with Gasteiger partial charge in [-0.1, -0.05) is 5.16 Å². The first-order chi connectivity index (χ1) is 11.5. The van der Waals surface area contributed by atoms with Crippen molar-refractivity contribution in [3.8, 4) is 0 Å². The molecule has 0 bridgehead atoms. The van der Waals surface area contributed by atoms with Gasteiger partial charge in [0, 0.05) is 24.7 Å². The molecule has 0 unspecified atom stereocenters. The second kappa shape index (κ2) is 7.04. The van der Waals surface area contributed by atoms with Crippen molar-refractivity contribution in [2.24, 2.45) is 0 Å². The highest BCUT2D eigenvalue weighted by Gasteiger charge is 2.15. The van der Waals surface area contributed by atoms with Gasteiger partial charge in [0.15, 0.2) is 5.76 Å². The van der Waals surface area contributed by atoms with Crippen molar-refractivity contribution < 1.29 is 13.7 Å². The van der Waals surface area contributed by atoms with Crippen molar-refractivity contribution in [2.45, 2.75) is 26.8 Å². The zero-order valence-electron chi connectivity index (χ0n) is 13.4. The molecule has 0 fully saturated rings. The fourth-order valence-corrected chi connectivity index (χ4v) is 2.68. The Morgan fingerprint density at radius 2 is 2.21 bits per heavy atom. The largest absolute Gasteiger partial charge is 0.456 e. The molecule has 7 nitrogen and oxygen atoms in total. The molecule has 0 radical (unpaired) electrons. The zero-order valence-corrected chi connectivity index (χ0v) is 15.0. The first-order valence-corrected chi connectivity index (χ1v) is 8.29. The number of rotatable bonds is 6. The Labute approximate surface area is 147 Å². The van der Waals surface area contributed by atoms with Gasteiger partial charge in [0.1, 0.15) is 11.5 Å². The van der Waals surface area contributed by atoms with E-state index >= 15 is 0 Å². The van der Waals surface area contributed by atoms with E-state index in [0.29, 0.717) is 31.0 Å². The molecule has 3 rings (SSSR count). The molecule has 3 aromatic heterocycles. The number of aryl methyl sites for hydroxylation is 2. The van der Waals surface area contributed by atoms with Gasteiger partial charge < -0.3 is 14.3 Å². The number of carbonyl (C=O) groups is 1. The summed E-state index contributed by atoms with van der Waals surface area (Å²) in [5.74, 6) is 1.51. The fraction of sp³-hybridized carbons (Fsp3) is 0.312. The highest BCUT2D eigenvalue weighted by Crippen LogP contribution is 2.19. The Kier molecular flexibility index (Phi) is 4.84. The summed E-state index contributed by atoms with van der Waals surface area (Å²) in [6, 6.07) is 3.47. The van der Waals surface area contributed by atoms with E-state index in [4.69, 9.17) is 8.94 Å². The monoisotopic (exact) mass is 392 g/mol. The average Bonchev–Trinajstić information content (AvgIpc) is 3.25. The molecule has 0 saturated carbocycles. The van der Waals surface area contributed by atoms with E-state index in [-0.39, 0.29) is 5.91 Å². The maximum Gasteiger partial charge on any atom is 0.287 e. The van der Waals surface area contributed by atoms with Crippen LogP contribution in [0.5, 0.6) is 0 Å². The molecule has 0 atom stereocenters. The Hall–Kier alpha value is -2.35. The summed E-state index contributed by atoms with van der Waals surface area (Å²) in [4.78, 5) is 12.1. The number of halogens is 1. The molecule has 1 amide bonds. The predicted octanol–water partition coefficient (Wildman–Crippen LogP) is 2.86. The molecule has 0 saturated heterocycles. The van der Waals surface area contributed by atoms with Crippen LogP contribution >= 0.6 is 15.9 Å². The maximum atomic E-state index is 12.1. The lowest BCUT2D eigenvalue weighted by Crippen LogP contribution is -2.27. The molecule has 24 heavy (non-hydrogen) atoms. The first-order valence-electron chi connectivity index (χ1n) is 7.49. The summed E-state index contributed by atoms with van der Waals surface area (Å²) in [6.45, 7) is 4.80. The van der Waals surface area contributed by atoms with Crippen LogP contribution in [0, 0.1) is 13.8 Å². The molecule has 126 valence electrons. The Bertz CT molecular complexity index is 830. The maximum absolute atomic E-state index is 12.1. The molecule has 0 aliphatic carbocycles. The molecule has 0 aliphatic heterocycles. The molecule has 0 spiro atoms. The lowest BCUT2D eigenvalue weighted by molar-refractivity contribution is 0.0922. The lowest BCUT2D eigenvalue weighted by Gasteiger charge is -2.03. The van der Waals surface area contributed by atoms with E-state index in [9.17, 15) is 4.79 Å². The van der Waals surface area contributed by atoms with E-state index in [2.05, 4.69) is 31.5 Å². The van der Waals surface area contributed by atoms with Crippen LogP contribution in [0.25, 0.3) is 0 Å². The second-order valence-electron chi connectivity index (χ2n) is 5.42. The minimum absolute atomic E-state index is 0.244. The minimum Gasteiger partial charge on any atom is -0.456 e. The van der Waals surface area contributed by atoms with Gasteiger partial charge in [-0.3, -0.25) is 9.48 Å². The van der Waals surface area contributed by atoms with Crippen molar-refractivity contribution in [3.63, 3.8) is 0 Å². The van der Waals surface area contributed by atoms with Gasteiger partial charge in [-0.05, 0) is 41.9 Å². The van der Waals surface area contributed by atoms with Crippen LogP contribution in [0.4, 0.5) is 0 Å². The van der Waals surface area contributed by atoms with E-state index in [1.807, 2.05) is 20.0 Å². The van der Waals surface area contributed by atoms with Gasteiger partial charge in [0.25, 0.3) is 5.91 Å². The standard InChI is InChI=1S/C16H17BrN4O3/c1-10-14(11(2)24-20-10)7-13-3-4-15(23-13)16(22)18-5-6-21-9-12(17)8-19-21/h3-4,8-9H,5-7H2,1-2H3,(H,18,22). The first kappa shape index (κ1) is 16.5. The van der Waals surface area contributed by atoms with E-state index < -0.39 is 0 Å². The highest BCUT2D eigenvalue weighted by atomic mass is 79.9. The number of furan rings is 1. The SMILES string of the molecule is Cc1noc(C)c1Cc1ccc(C(=O)NCCn2cc(Br)cn2)o1. The molecular formula is C16H17BrN4O3. The van der Waals surface area contributed by atoms with Crippen LogP contribution in [0.15, 0.2) is 37.9 Å². The number of amides is 1. The molecule has 8 heteroatoms.